The number of quaternary nitrogens is 1. The van der Waals surface area contributed by atoms with Crippen LogP contribution in [0.2, 0.25) is 0 Å². The molecule has 0 N–H and O–H groups in total. The fourth-order valence-corrected chi connectivity index (χ4v) is 0.481. The highest BCUT2D eigenvalue weighted by molar-refractivity contribution is 4.24. The highest BCUT2D eigenvalue weighted by Gasteiger charge is 2.04. The van der Waals surface area contributed by atoms with Crippen LogP contribution in [0, 0.1) is 0 Å². The van der Waals surface area contributed by atoms with Crippen molar-refractivity contribution in [3.8, 4) is 0 Å². The van der Waals surface area contributed by atoms with Crippen LogP contribution in [-0.4, -0.2) is 52.7 Å². The summed E-state index contributed by atoms with van der Waals surface area (Å²) < 4.78 is 10.8. The molecular weight excluding hydrogens is 130 g/mol. The predicted molar refractivity (Wildman–Crippen MR) is 40.7 cm³/mol. The van der Waals surface area contributed by atoms with Crippen LogP contribution in [0.3, 0.4) is 0 Å². The molecule has 0 saturated heterocycles. The van der Waals surface area contributed by atoms with Crippen LogP contribution >= 0.6 is 0 Å². The van der Waals surface area contributed by atoms with Gasteiger partial charge in [0.2, 0.25) is 0 Å². The number of ether oxygens (including phenoxy) is 2. The van der Waals surface area contributed by atoms with Gasteiger partial charge in [-0.3, -0.25) is 0 Å². The van der Waals surface area contributed by atoms with Gasteiger partial charge in [-0.15, -0.1) is 0 Å². The van der Waals surface area contributed by atoms with E-state index in [2.05, 4.69) is 21.1 Å². The minimum absolute atomic E-state index is 0.403. The summed E-state index contributed by atoms with van der Waals surface area (Å²) in [6.07, 6.45) is 0. The Kier molecular flexibility index (Phi) is 4.60. The third kappa shape index (κ3) is 7.88. The Bertz CT molecular complexity index is 78.2. The quantitative estimate of drug-likeness (QED) is 0.317. The van der Waals surface area contributed by atoms with Crippen molar-refractivity contribution in [1.82, 2.24) is 0 Å². The molecule has 0 atom stereocenters. The zero-order chi connectivity index (χ0) is 8.04. The van der Waals surface area contributed by atoms with Crippen molar-refractivity contribution >= 4 is 0 Å². The molecule has 0 aliphatic carbocycles. The van der Waals surface area contributed by atoms with E-state index in [1.54, 1.807) is 7.11 Å². The molecule has 0 saturated carbocycles. The zero-order valence-electron chi connectivity index (χ0n) is 7.39. The second-order valence-corrected chi connectivity index (χ2v) is 3.33. The first-order valence-electron chi connectivity index (χ1n) is 3.43. The molecule has 0 fully saturated rings. The maximum absolute atomic E-state index is 5.12. The third-order valence-electron chi connectivity index (χ3n) is 1.11. The summed E-state index contributed by atoms with van der Waals surface area (Å²) in [5.41, 5.74) is 0. The number of hydrogen-bond donors (Lipinski definition) is 0. The van der Waals surface area contributed by atoms with Gasteiger partial charge in [0.1, 0.15) is 13.3 Å². The average molecular weight is 148 g/mol. The SMILES string of the molecule is COCOCC[N+](C)(C)C. The van der Waals surface area contributed by atoms with E-state index in [-0.39, 0.29) is 0 Å². The van der Waals surface area contributed by atoms with Crippen LogP contribution in [0.4, 0.5) is 0 Å². The number of nitrogens with zero attached hydrogens (tertiary/aromatic N) is 1. The summed E-state index contributed by atoms with van der Waals surface area (Å²) in [5.74, 6) is 0. The maximum atomic E-state index is 5.12. The molecule has 0 bridgehead atoms. The molecule has 62 valence electrons. The standard InChI is InChI=1S/C7H18NO2/c1-8(2,3)5-6-10-7-9-4/h5-7H2,1-4H3/q+1. The molecule has 0 rings (SSSR count). The molecule has 0 amide bonds. The Hall–Kier alpha value is -0.120. The van der Waals surface area contributed by atoms with E-state index in [0.717, 1.165) is 17.6 Å². The topological polar surface area (TPSA) is 18.5 Å². The average Bonchev–Trinajstić information content (AvgIpc) is 1.78. The Morgan fingerprint density at radius 1 is 1.20 bits per heavy atom. The van der Waals surface area contributed by atoms with Gasteiger partial charge in [0.15, 0.2) is 0 Å². The molecule has 0 aliphatic rings. The van der Waals surface area contributed by atoms with Gasteiger partial charge in [0.25, 0.3) is 0 Å². The lowest BCUT2D eigenvalue weighted by molar-refractivity contribution is -0.870. The van der Waals surface area contributed by atoms with E-state index < -0.39 is 0 Å². The molecule has 0 aliphatic heterocycles. The molecule has 0 aromatic carbocycles. The van der Waals surface area contributed by atoms with Crippen LogP contribution in [0.5, 0.6) is 0 Å². The van der Waals surface area contributed by atoms with Gasteiger partial charge in [-0.25, -0.2) is 0 Å². The Morgan fingerprint density at radius 3 is 2.20 bits per heavy atom. The van der Waals surface area contributed by atoms with E-state index in [1.165, 1.54) is 0 Å². The van der Waals surface area contributed by atoms with Crippen LogP contribution in [0.25, 0.3) is 0 Å². The number of likely N-dealkylation sites (N-methyl/N-ethyl adjacent to an activating group) is 1. The largest absolute Gasteiger partial charge is 0.359 e. The van der Waals surface area contributed by atoms with Crippen molar-refractivity contribution in [2.75, 3.05) is 48.2 Å². The highest BCUT2D eigenvalue weighted by Crippen LogP contribution is 1.88. The van der Waals surface area contributed by atoms with Crippen LogP contribution in [0.15, 0.2) is 0 Å². The lowest BCUT2D eigenvalue weighted by atomic mass is 10.5. The van der Waals surface area contributed by atoms with Crippen LogP contribution in [0.1, 0.15) is 0 Å². The fraction of sp³-hybridized carbons (Fsp3) is 1.00. The second kappa shape index (κ2) is 4.66. The highest BCUT2D eigenvalue weighted by atomic mass is 16.7. The molecule has 3 heteroatoms. The van der Waals surface area contributed by atoms with Crippen LogP contribution < -0.4 is 0 Å². The van der Waals surface area contributed by atoms with E-state index >= 15 is 0 Å². The van der Waals surface area contributed by atoms with Gasteiger partial charge in [-0.2, -0.15) is 0 Å². The molecule has 0 spiro atoms. The Labute approximate surface area is 63.1 Å². The van der Waals surface area contributed by atoms with Gasteiger partial charge < -0.3 is 14.0 Å². The maximum Gasteiger partial charge on any atom is 0.146 e. The normalized spacial score (nSPS) is 12.0. The lowest BCUT2D eigenvalue weighted by Crippen LogP contribution is -2.37. The summed E-state index contributed by atoms with van der Waals surface area (Å²) in [6, 6.07) is 0. The van der Waals surface area contributed by atoms with Crippen LogP contribution in [-0.2, 0) is 9.47 Å². The molecule has 3 nitrogen and oxygen atoms in total. The monoisotopic (exact) mass is 148 g/mol. The van der Waals surface area contributed by atoms with Gasteiger partial charge >= 0.3 is 0 Å². The molecule has 0 unspecified atom stereocenters. The molecule has 0 heterocycles. The first kappa shape index (κ1) is 9.88. The summed E-state index contributed by atoms with van der Waals surface area (Å²) in [4.78, 5) is 0. The first-order valence-corrected chi connectivity index (χ1v) is 3.43. The molecule has 0 aromatic rings. The van der Waals surface area contributed by atoms with Crippen molar-refractivity contribution in [3.63, 3.8) is 0 Å². The van der Waals surface area contributed by atoms with E-state index in [4.69, 9.17) is 9.47 Å². The minimum atomic E-state index is 0.403. The summed E-state index contributed by atoms with van der Waals surface area (Å²) >= 11 is 0. The number of rotatable bonds is 5. The predicted octanol–water partition coefficient (Wildman–Crippen LogP) is 0.313. The fourth-order valence-electron chi connectivity index (χ4n) is 0.481. The van der Waals surface area contributed by atoms with Crippen molar-refractivity contribution in [3.05, 3.63) is 0 Å². The summed E-state index contributed by atoms with van der Waals surface area (Å²) in [5, 5.41) is 0. The summed E-state index contributed by atoms with van der Waals surface area (Å²) in [7, 11) is 8.04. The minimum Gasteiger partial charge on any atom is -0.359 e. The molecule has 0 aromatic heterocycles. The molecule has 10 heavy (non-hydrogen) atoms. The van der Waals surface area contributed by atoms with E-state index in [9.17, 15) is 0 Å². The van der Waals surface area contributed by atoms with Gasteiger partial charge in [0.05, 0.1) is 27.7 Å². The Balaban J connectivity index is 3.04. The van der Waals surface area contributed by atoms with Gasteiger partial charge in [-0.1, -0.05) is 0 Å². The van der Waals surface area contributed by atoms with E-state index in [1.807, 2.05) is 0 Å². The van der Waals surface area contributed by atoms with Crippen molar-refractivity contribution < 1.29 is 14.0 Å². The number of hydrogen-bond acceptors (Lipinski definition) is 2. The Morgan fingerprint density at radius 2 is 1.80 bits per heavy atom. The lowest BCUT2D eigenvalue weighted by Gasteiger charge is -2.23. The zero-order valence-corrected chi connectivity index (χ0v) is 7.39. The van der Waals surface area contributed by atoms with Crippen molar-refractivity contribution in [1.29, 1.82) is 0 Å². The smallest absolute Gasteiger partial charge is 0.146 e. The number of methoxy groups -OCH3 is 1. The molecule has 0 radical (unpaired) electrons. The molecular formula is C7H18NO2+. The van der Waals surface area contributed by atoms with Crippen molar-refractivity contribution in [2.45, 2.75) is 0 Å². The first-order chi connectivity index (χ1) is 4.56. The van der Waals surface area contributed by atoms with Crippen molar-refractivity contribution in [2.24, 2.45) is 0 Å². The summed E-state index contributed by atoms with van der Waals surface area (Å²) in [6.45, 7) is 2.18. The van der Waals surface area contributed by atoms with Gasteiger partial charge in [0, 0.05) is 7.11 Å². The van der Waals surface area contributed by atoms with E-state index in [0.29, 0.717) is 6.79 Å². The third-order valence-corrected chi connectivity index (χ3v) is 1.11. The second-order valence-electron chi connectivity index (χ2n) is 3.33. The van der Waals surface area contributed by atoms with Gasteiger partial charge in [-0.05, 0) is 0 Å².